The van der Waals surface area contributed by atoms with E-state index in [0.29, 0.717) is 11.0 Å². The van der Waals surface area contributed by atoms with Crippen molar-refractivity contribution in [3.05, 3.63) is 82.6 Å². The molecule has 0 aliphatic heterocycles. The summed E-state index contributed by atoms with van der Waals surface area (Å²) < 4.78 is 15.2. The van der Waals surface area contributed by atoms with Crippen molar-refractivity contribution in [2.75, 3.05) is 5.75 Å². The lowest BCUT2D eigenvalue weighted by molar-refractivity contribution is -0.119. The second-order valence-corrected chi connectivity index (χ2v) is 8.38. The fourth-order valence-electron chi connectivity index (χ4n) is 2.95. The standard InChI is InChI=1S/C21H18FN5OS2/c1-27-20(15-4-2-10-23-12-15)25-26-21(27)30-13-18(28)24-19(17-5-3-11-29-17)14-6-8-16(22)9-7-14/h2-12,19H,13H2,1H3,(H,24,28)/t19-/m0/s1. The van der Waals surface area contributed by atoms with Crippen LogP contribution in [0.15, 0.2) is 71.5 Å². The fraction of sp³-hybridized carbons (Fsp3) is 0.143. The van der Waals surface area contributed by atoms with Crippen LogP contribution in [0.25, 0.3) is 11.4 Å². The zero-order chi connectivity index (χ0) is 20.9. The van der Waals surface area contributed by atoms with Crippen LogP contribution in [0.1, 0.15) is 16.5 Å². The van der Waals surface area contributed by atoms with E-state index >= 15 is 0 Å². The predicted molar refractivity (Wildman–Crippen MR) is 116 cm³/mol. The largest absolute Gasteiger partial charge is 0.344 e. The minimum Gasteiger partial charge on any atom is -0.344 e. The highest BCUT2D eigenvalue weighted by atomic mass is 32.2. The first-order chi connectivity index (χ1) is 14.6. The summed E-state index contributed by atoms with van der Waals surface area (Å²) in [5.74, 6) is 0.418. The van der Waals surface area contributed by atoms with Crippen molar-refractivity contribution >= 4 is 29.0 Å². The molecule has 30 heavy (non-hydrogen) atoms. The van der Waals surface area contributed by atoms with Crippen LogP contribution in [0.2, 0.25) is 0 Å². The highest BCUT2D eigenvalue weighted by Crippen LogP contribution is 2.27. The van der Waals surface area contributed by atoms with Gasteiger partial charge in [0.2, 0.25) is 5.91 Å². The fourth-order valence-corrected chi connectivity index (χ4v) is 4.47. The Balaban J connectivity index is 1.45. The lowest BCUT2D eigenvalue weighted by Crippen LogP contribution is -2.30. The Morgan fingerprint density at radius 2 is 2.03 bits per heavy atom. The number of nitrogens with one attached hydrogen (secondary N) is 1. The van der Waals surface area contributed by atoms with E-state index in [1.165, 1.54) is 23.9 Å². The number of pyridine rings is 1. The number of amides is 1. The molecule has 1 amide bonds. The summed E-state index contributed by atoms with van der Waals surface area (Å²) in [5, 5.41) is 14.0. The summed E-state index contributed by atoms with van der Waals surface area (Å²) in [5.41, 5.74) is 1.69. The van der Waals surface area contributed by atoms with E-state index in [9.17, 15) is 9.18 Å². The molecule has 3 heterocycles. The van der Waals surface area contributed by atoms with E-state index in [4.69, 9.17) is 0 Å². The van der Waals surface area contributed by atoms with Crippen LogP contribution in [0.5, 0.6) is 0 Å². The van der Waals surface area contributed by atoms with Gasteiger partial charge in [-0.1, -0.05) is 30.0 Å². The maximum absolute atomic E-state index is 13.3. The normalized spacial score (nSPS) is 11.9. The molecule has 152 valence electrons. The molecular weight excluding hydrogens is 421 g/mol. The molecule has 0 unspecified atom stereocenters. The van der Waals surface area contributed by atoms with Crippen molar-refractivity contribution in [2.24, 2.45) is 7.05 Å². The molecule has 4 rings (SSSR count). The molecule has 0 bridgehead atoms. The lowest BCUT2D eigenvalue weighted by Gasteiger charge is -2.18. The smallest absolute Gasteiger partial charge is 0.231 e. The Labute approximate surface area is 181 Å². The van der Waals surface area contributed by atoms with Gasteiger partial charge in [0.25, 0.3) is 0 Å². The molecule has 6 nitrogen and oxygen atoms in total. The average molecular weight is 440 g/mol. The highest BCUT2D eigenvalue weighted by Gasteiger charge is 2.19. The maximum Gasteiger partial charge on any atom is 0.231 e. The Morgan fingerprint density at radius 1 is 1.20 bits per heavy atom. The van der Waals surface area contributed by atoms with Crippen molar-refractivity contribution in [1.82, 2.24) is 25.1 Å². The summed E-state index contributed by atoms with van der Waals surface area (Å²) >= 11 is 2.85. The van der Waals surface area contributed by atoms with Crippen LogP contribution >= 0.6 is 23.1 Å². The molecule has 9 heteroatoms. The second kappa shape index (κ2) is 9.19. The Bertz CT molecular complexity index is 1110. The number of benzene rings is 1. The Morgan fingerprint density at radius 3 is 2.73 bits per heavy atom. The van der Waals surface area contributed by atoms with Crippen LogP contribution in [0.4, 0.5) is 4.39 Å². The third-order valence-electron chi connectivity index (χ3n) is 4.42. The average Bonchev–Trinajstić information content (AvgIpc) is 3.42. The first kappa shape index (κ1) is 20.2. The van der Waals surface area contributed by atoms with Gasteiger partial charge >= 0.3 is 0 Å². The third-order valence-corrected chi connectivity index (χ3v) is 6.38. The summed E-state index contributed by atoms with van der Waals surface area (Å²) in [6, 6.07) is 13.5. The van der Waals surface area contributed by atoms with E-state index < -0.39 is 0 Å². The van der Waals surface area contributed by atoms with Gasteiger partial charge in [-0.25, -0.2) is 4.39 Å². The number of hydrogen-bond donors (Lipinski definition) is 1. The van der Waals surface area contributed by atoms with Crippen molar-refractivity contribution in [3.8, 4) is 11.4 Å². The van der Waals surface area contributed by atoms with Crippen molar-refractivity contribution < 1.29 is 9.18 Å². The topological polar surface area (TPSA) is 72.7 Å². The minimum atomic E-state index is -0.329. The van der Waals surface area contributed by atoms with Crippen molar-refractivity contribution in [2.45, 2.75) is 11.2 Å². The van der Waals surface area contributed by atoms with Gasteiger partial charge < -0.3 is 9.88 Å². The molecule has 0 saturated heterocycles. The molecule has 0 fully saturated rings. The zero-order valence-corrected chi connectivity index (χ0v) is 17.7. The van der Waals surface area contributed by atoms with E-state index in [-0.39, 0.29) is 23.5 Å². The molecule has 0 saturated carbocycles. The minimum absolute atomic E-state index is 0.145. The first-order valence-corrected chi connectivity index (χ1v) is 11.0. The molecule has 1 aromatic carbocycles. The number of nitrogens with zero attached hydrogens (tertiary/aromatic N) is 4. The number of thioether (sulfide) groups is 1. The van der Waals surface area contributed by atoms with Crippen LogP contribution in [-0.4, -0.2) is 31.4 Å². The molecule has 3 aromatic heterocycles. The van der Waals surface area contributed by atoms with E-state index in [0.717, 1.165) is 16.0 Å². The highest BCUT2D eigenvalue weighted by molar-refractivity contribution is 7.99. The van der Waals surface area contributed by atoms with Gasteiger partial charge in [0.1, 0.15) is 5.82 Å². The van der Waals surface area contributed by atoms with Crippen LogP contribution in [0.3, 0.4) is 0 Å². The number of rotatable bonds is 7. The van der Waals surface area contributed by atoms with Crippen LogP contribution in [0, 0.1) is 5.82 Å². The molecule has 0 aliphatic carbocycles. The molecule has 0 radical (unpaired) electrons. The zero-order valence-electron chi connectivity index (χ0n) is 16.0. The predicted octanol–water partition coefficient (Wildman–Crippen LogP) is 4.08. The number of carbonyl (C=O) groups is 1. The number of aromatic nitrogens is 4. The SMILES string of the molecule is Cn1c(SCC(=O)N[C@@H](c2ccc(F)cc2)c2cccs2)nnc1-c1cccnc1. The van der Waals surface area contributed by atoms with E-state index in [1.807, 2.05) is 41.3 Å². The van der Waals surface area contributed by atoms with E-state index in [1.54, 1.807) is 35.9 Å². The molecule has 0 spiro atoms. The molecule has 1 N–H and O–H groups in total. The first-order valence-electron chi connectivity index (χ1n) is 9.12. The maximum atomic E-state index is 13.3. The molecule has 1 atom stereocenters. The van der Waals surface area contributed by atoms with Crippen molar-refractivity contribution in [1.29, 1.82) is 0 Å². The van der Waals surface area contributed by atoms with Gasteiger partial charge in [-0.3, -0.25) is 9.78 Å². The lowest BCUT2D eigenvalue weighted by atomic mass is 10.1. The summed E-state index contributed by atoms with van der Waals surface area (Å²) in [7, 11) is 1.86. The van der Waals surface area contributed by atoms with Gasteiger partial charge in [-0.2, -0.15) is 0 Å². The summed E-state index contributed by atoms with van der Waals surface area (Å²) in [6.45, 7) is 0. The monoisotopic (exact) mass is 439 g/mol. The van der Waals surface area contributed by atoms with Gasteiger partial charge in [0.15, 0.2) is 11.0 Å². The molecule has 0 aliphatic rings. The molecular formula is C21H18FN5OS2. The summed E-state index contributed by atoms with van der Waals surface area (Å²) in [4.78, 5) is 17.8. The summed E-state index contributed by atoms with van der Waals surface area (Å²) in [6.07, 6.45) is 3.42. The van der Waals surface area contributed by atoms with E-state index in [2.05, 4.69) is 20.5 Å². The van der Waals surface area contributed by atoms with Gasteiger partial charge in [-0.15, -0.1) is 21.5 Å². The second-order valence-electron chi connectivity index (χ2n) is 6.46. The van der Waals surface area contributed by atoms with Gasteiger partial charge in [0, 0.05) is 29.9 Å². The number of hydrogen-bond acceptors (Lipinski definition) is 6. The van der Waals surface area contributed by atoms with Crippen LogP contribution < -0.4 is 5.32 Å². The van der Waals surface area contributed by atoms with Gasteiger partial charge in [0.05, 0.1) is 11.8 Å². The van der Waals surface area contributed by atoms with Gasteiger partial charge in [-0.05, 0) is 41.3 Å². The quantitative estimate of drug-likeness (QED) is 0.440. The molecule has 4 aromatic rings. The number of thiophene rings is 1. The number of halogens is 1. The third kappa shape index (κ3) is 4.58. The Kier molecular flexibility index (Phi) is 6.20. The number of carbonyl (C=O) groups excluding carboxylic acids is 1. The Hall–Kier alpha value is -3.04. The van der Waals surface area contributed by atoms with Crippen LogP contribution in [-0.2, 0) is 11.8 Å². The van der Waals surface area contributed by atoms with Crippen molar-refractivity contribution in [3.63, 3.8) is 0 Å².